The Hall–Kier alpha value is -1.40. The van der Waals surface area contributed by atoms with Crippen LogP contribution in [0.15, 0.2) is 28.6 Å². The Bertz CT molecular complexity index is 1220. The Balaban J connectivity index is 2.34. The molecule has 23 heteroatoms. The SMILES string of the molecule is O=c1ccn([C@@H]2OC(COP(=O)(O)OP(=O)(O)OP(=O)(O)O)=C(O)C2(O)C(F)(F)F)c(=S)[nH]1. The molecule has 1 aromatic heterocycles. The number of nitrogens with one attached hydrogen (secondary N) is 1. The highest BCUT2D eigenvalue weighted by atomic mass is 32.1. The highest BCUT2D eigenvalue weighted by Gasteiger charge is 2.68. The molecule has 0 bridgehead atoms. The number of hydrogen-bond donors (Lipinski definition) is 7. The van der Waals surface area contributed by atoms with E-state index in [0.717, 1.165) is 0 Å². The number of aliphatic hydroxyl groups excluding tert-OH is 1. The van der Waals surface area contributed by atoms with Gasteiger partial charge < -0.3 is 34.5 Å². The number of rotatable bonds is 8. The molecular weight excluding hydrogens is 554 g/mol. The van der Waals surface area contributed by atoms with Gasteiger partial charge in [0, 0.05) is 12.3 Å². The van der Waals surface area contributed by atoms with Crippen molar-refractivity contribution in [1.29, 1.82) is 0 Å². The van der Waals surface area contributed by atoms with Gasteiger partial charge in [-0.05, 0) is 12.2 Å². The summed E-state index contributed by atoms with van der Waals surface area (Å²) in [6.45, 7) is -1.62. The molecule has 188 valence electrons. The monoisotopic (exact) mass is 566 g/mol. The van der Waals surface area contributed by atoms with Crippen LogP contribution in [0.1, 0.15) is 6.23 Å². The Morgan fingerprint density at radius 2 is 1.76 bits per heavy atom. The first-order chi connectivity index (χ1) is 14.7. The van der Waals surface area contributed by atoms with E-state index in [-0.39, 0.29) is 0 Å². The lowest BCUT2D eigenvalue weighted by Crippen LogP contribution is -2.51. The minimum Gasteiger partial charge on any atom is -0.506 e. The predicted molar refractivity (Wildman–Crippen MR) is 96.5 cm³/mol. The van der Waals surface area contributed by atoms with Crippen molar-refractivity contribution in [2.24, 2.45) is 0 Å². The third kappa shape index (κ3) is 6.39. The van der Waals surface area contributed by atoms with Crippen LogP contribution in [-0.4, -0.2) is 57.7 Å². The van der Waals surface area contributed by atoms with Gasteiger partial charge in [-0.3, -0.25) is 18.9 Å². The molecule has 7 N–H and O–H groups in total. The van der Waals surface area contributed by atoms with E-state index in [0.29, 0.717) is 16.8 Å². The lowest BCUT2D eigenvalue weighted by Gasteiger charge is -2.31. The number of aliphatic hydroxyl groups is 2. The van der Waals surface area contributed by atoms with E-state index < -0.39 is 69.9 Å². The van der Waals surface area contributed by atoms with Gasteiger partial charge in [0.15, 0.2) is 16.3 Å². The van der Waals surface area contributed by atoms with E-state index in [2.05, 4.69) is 25.4 Å². The van der Waals surface area contributed by atoms with Crippen LogP contribution < -0.4 is 5.56 Å². The number of aromatic amines is 1. The zero-order valence-electron chi connectivity index (χ0n) is 15.2. The van der Waals surface area contributed by atoms with Crippen molar-refractivity contribution < 1.29 is 74.5 Å². The topological polar surface area (TPSA) is 247 Å². The number of hydrogen-bond acceptors (Lipinski definition) is 11. The Labute approximate surface area is 183 Å². The number of phosphoric acid groups is 3. The van der Waals surface area contributed by atoms with E-state index in [1.807, 2.05) is 4.98 Å². The molecule has 3 unspecified atom stereocenters. The maximum absolute atomic E-state index is 13.6. The molecular formula is C10H12F3N2O14P3S. The first-order valence-electron chi connectivity index (χ1n) is 7.67. The Morgan fingerprint density at radius 1 is 1.18 bits per heavy atom. The van der Waals surface area contributed by atoms with Crippen molar-refractivity contribution in [3.05, 3.63) is 38.9 Å². The lowest BCUT2D eigenvalue weighted by molar-refractivity contribution is -0.286. The van der Waals surface area contributed by atoms with Crippen LogP contribution >= 0.6 is 35.7 Å². The zero-order valence-corrected chi connectivity index (χ0v) is 18.7. The molecule has 16 nitrogen and oxygen atoms in total. The molecule has 4 atom stereocenters. The van der Waals surface area contributed by atoms with Gasteiger partial charge in [0.25, 0.3) is 11.2 Å². The minimum atomic E-state index is -5.94. The molecule has 0 aromatic carbocycles. The third-order valence-corrected chi connectivity index (χ3v) is 7.64. The first-order valence-corrected chi connectivity index (χ1v) is 12.6. The van der Waals surface area contributed by atoms with Crippen LogP contribution in [0.3, 0.4) is 0 Å². The summed E-state index contributed by atoms with van der Waals surface area (Å²) < 4.78 is 89.7. The molecule has 1 aliphatic heterocycles. The fourth-order valence-corrected chi connectivity index (χ4v) is 5.53. The number of nitrogens with zero attached hydrogens (tertiary/aromatic N) is 1. The largest absolute Gasteiger partial charge is 0.506 e. The van der Waals surface area contributed by atoms with Crippen molar-refractivity contribution in [2.45, 2.75) is 18.0 Å². The molecule has 0 radical (unpaired) electrons. The second-order valence-corrected chi connectivity index (χ2v) is 10.7. The van der Waals surface area contributed by atoms with Crippen molar-refractivity contribution in [1.82, 2.24) is 9.55 Å². The van der Waals surface area contributed by atoms with Crippen LogP contribution in [0.2, 0.25) is 0 Å². The summed E-state index contributed by atoms with van der Waals surface area (Å²) >= 11 is 4.68. The molecule has 0 saturated heterocycles. The van der Waals surface area contributed by atoms with E-state index in [1.165, 1.54) is 0 Å². The summed E-state index contributed by atoms with van der Waals surface area (Å²) in [5.74, 6) is -3.32. The van der Waals surface area contributed by atoms with E-state index in [9.17, 15) is 46.8 Å². The van der Waals surface area contributed by atoms with Crippen molar-refractivity contribution in [3.63, 3.8) is 0 Å². The summed E-state index contributed by atoms with van der Waals surface area (Å²) in [6, 6.07) is 0.692. The number of phosphoric ester groups is 1. The number of aromatic nitrogens is 2. The summed E-state index contributed by atoms with van der Waals surface area (Å²) in [7, 11) is -17.5. The van der Waals surface area contributed by atoms with Crippen molar-refractivity contribution in [3.8, 4) is 0 Å². The maximum atomic E-state index is 13.6. The summed E-state index contributed by atoms with van der Waals surface area (Å²) in [5, 5.41) is 20.1. The van der Waals surface area contributed by atoms with Crippen LogP contribution in [0.25, 0.3) is 0 Å². The van der Waals surface area contributed by atoms with Crippen LogP contribution in [0.5, 0.6) is 0 Å². The number of ether oxygens (including phenoxy) is 1. The molecule has 2 heterocycles. The number of halogens is 3. The van der Waals surface area contributed by atoms with E-state index in [4.69, 9.17) is 19.4 Å². The maximum Gasteiger partial charge on any atom is 0.490 e. The molecule has 2 rings (SSSR count). The minimum absolute atomic E-state index is 0.373. The summed E-state index contributed by atoms with van der Waals surface area (Å²) in [6.07, 6.45) is -7.62. The van der Waals surface area contributed by atoms with Gasteiger partial charge in [-0.1, -0.05) is 0 Å². The smallest absolute Gasteiger partial charge is 0.490 e. The summed E-state index contributed by atoms with van der Waals surface area (Å²) in [5.41, 5.74) is -5.06. The van der Waals surface area contributed by atoms with Gasteiger partial charge in [0.1, 0.15) is 6.61 Å². The van der Waals surface area contributed by atoms with Gasteiger partial charge in [0.05, 0.1) is 0 Å². The normalized spacial score (nSPS) is 25.4. The summed E-state index contributed by atoms with van der Waals surface area (Å²) in [4.78, 5) is 48.5. The molecule has 1 aromatic rings. The van der Waals surface area contributed by atoms with Crippen molar-refractivity contribution in [2.75, 3.05) is 6.61 Å². The molecule has 33 heavy (non-hydrogen) atoms. The molecule has 0 amide bonds. The van der Waals surface area contributed by atoms with Crippen LogP contribution in [0.4, 0.5) is 13.2 Å². The van der Waals surface area contributed by atoms with Gasteiger partial charge in [0.2, 0.25) is 6.23 Å². The van der Waals surface area contributed by atoms with Gasteiger partial charge in [-0.15, -0.1) is 0 Å². The average molecular weight is 566 g/mol. The highest BCUT2D eigenvalue weighted by Crippen LogP contribution is 2.66. The van der Waals surface area contributed by atoms with Gasteiger partial charge in [-0.25, -0.2) is 13.7 Å². The third-order valence-electron chi connectivity index (χ3n) is 3.55. The Kier molecular flexibility index (Phi) is 7.59. The first kappa shape index (κ1) is 27.8. The van der Waals surface area contributed by atoms with Crippen LogP contribution in [-0.2, 0) is 31.6 Å². The Morgan fingerprint density at radius 3 is 2.24 bits per heavy atom. The number of alkyl halides is 3. The van der Waals surface area contributed by atoms with Crippen LogP contribution in [0, 0.1) is 4.77 Å². The molecule has 0 fully saturated rings. The lowest BCUT2D eigenvalue weighted by atomic mass is 9.99. The van der Waals surface area contributed by atoms with E-state index in [1.54, 1.807) is 0 Å². The molecule has 0 aliphatic carbocycles. The highest BCUT2D eigenvalue weighted by molar-refractivity contribution is 7.71. The predicted octanol–water partition coefficient (Wildman–Crippen LogP) is 0.841. The van der Waals surface area contributed by atoms with Gasteiger partial charge in [-0.2, -0.15) is 21.8 Å². The fraction of sp³-hybridized carbons (Fsp3) is 0.400. The molecule has 1 aliphatic rings. The molecule has 0 saturated carbocycles. The standard InChI is InChI=1S/C10H12F3N2O14P3S/c11-10(12,13)9(18)6(17)4(27-7(9)15-2-1-5(16)14-8(15)33)3-26-31(22,23)29-32(24,25)28-30(19,20)21/h1-2,7,17-18H,3H2,(H,22,23)(H,24,25)(H,14,16,33)(H2,19,20,21)/t7-,9?/m1/s1. The second-order valence-electron chi connectivity index (χ2n) is 5.89. The average Bonchev–Trinajstić information content (AvgIpc) is 2.82. The van der Waals surface area contributed by atoms with Crippen molar-refractivity contribution >= 4 is 35.7 Å². The zero-order chi connectivity index (χ0) is 25.6. The van der Waals surface area contributed by atoms with Gasteiger partial charge >= 0.3 is 29.6 Å². The fourth-order valence-electron chi connectivity index (χ4n) is 2.30. The molecule has 0 spiro atoms. The second kappa shape index (κ2) is 8.99. The quantitative estimate of drug-likeness (QED) is 0.170. The van der Waals surface area contributed by atoms with E-state index >= 15 is 0 Å². The number of H-pyrrole nitrogens is 1.